The van der Waals surface area contributed by atoms with Crippen LogP contribution in [0.1, 0.15) is 5.56 Å². The lowest BCUT2D eigenvalue weighted by atomic mass is 10.2. The molecule has 0 aromatic heterocycles. The van der Waals surface area contributed by atoms with Gasteiger partial charge in [-0.05, 0) is 17.7 Å². The summed E-state index contributed by atoms with van der Waals surface area (Å²) in [5.41, 5.74) is 0.761. The van der Waals surface area contributed by atoms with Crippen LogP contribution in [0.5, 0.6) is 0 Å². The molecule has 1 rings (SSSR count). The molecular formula is C9H9Cl2F2N. The predicted molar refractivity (Wildman–Crippen MR) is 54.2 cm³/mol. The highest BCUT2D eigenvalue weighted by Gasteiger charge is 2.03. The Morgan fingerprint density at radius 2 is 2.00 bits per heavy atom. The topological polar surface area (TPSA) is 12.0 Å². The van der Waals surface area contributed by atoms with Gasteiger partial charge in [0.15, 0.2) is 0 Å². The van der Waals surface area contributed by atoms with Crippen molar-refractivity contribution in [2.24, 2.45) is 0 Å². The maximum absolute atomic E-state index is 11.8. The fourth-order valence-corrected chi connectivity index (χ4v) is 1.46. The highest BCUT2D eigenvalue weighted by Crippen LogP contribution is 2.20. The molecule has 0 fully saturated rings. The van der Waals surface area contributed by atoms with Gasteiger partial charge in [-0.25, -0.2) is 8.78 Å². The number of halogens is 4. The minimum absolute atomic E-state index is 0.320. The summed E-state index contributed by atoms with van der Waals surface area (Å²) in [7, 11) is 0. The Morgan fingerprint density at radius 3 is 2.57 bits per heavy atom. The van der Waals surface area contributed by atoms with Crippen molar-refractivity contribution >= 4 is 23.2 Å². The first-order valence-corrected chi connectivity index (χ1v) is 4.78. The summed E-state index contributed by atoms with van der Waals surface area (Å²) >= 11 is 11.5. The van der Waals surface area contributed by atoms with Crippen LogP contribution >= 0.6 is 23.2 Å². The van der Waals surface area contributed by atoms with E-state index in [1.54, 1.807) is 18.2 Å². The molecule has 0 saturated heterocycles. The molecule has 0 aliphatic carbocycles. The average molecular weight is 240 g/mol. The Labute approximate surface area is 91.0 Å². The van der Waals surface area contributed by atoms with Crippen LogP contribution in [0.4, 0.5) is 8.78 Å². The number of alkyl halides is 2. The van der Waals surface area contributed by atoms with E-state index >= 15 is 0 Å². The van der Waals surface area contributed by atoms with Crippen LogP contribution in [0.3, 0.4) is 0 Å². The van der Waals surface area contributed by atoms with Crippen LogP contribution in [0.2, 0.25) is 10.0 Å². The Bertz CT molecular complexity index is 305. The molecule has 78 valence electrons. The van der Waals surface area contributed by atoms with Gasteiger partial charge in [-0.1, -0.05) is 29.3 Å². The molecule has 0 radical (unpaired) electrons. The van der Waals surface area contributed by atoms with Gasteiger partial charge in [0.05, 0.1) is 6.54 Å². The Balaban J connectivity index is 2.51. The SMILES string of the molecule is FC(F)CNCc1ccc(Cl)cc1Cl. The van der Waals surface area contributed by atoms with Crippen molar-refractivity contribution in [1.82, 2.24) is 5.32 Å². The van der Waals surface area contributed by atoms with Gasteiger partial charge < -0.3 is 5.32 Å². The Morgan fingerprint density at radius 1 is 1.29 bits per heavy atom. The zero-order valence-electron chi connectivity index (χ0n) is 7.24. The van der Waals surface area contributed by atoms with Crippen LogP contribution in [-0.2, 0) is 6.54 Å². The number of hydrogen-bond donors (Lipinski definition) is 1. The van der Waals surface area contributed by atoms with Gasteiger partial charge in [-0.2, -0.15) is 0 Å². The molecule has 0 aliphatic heterocycles. The van der Waals surface area contributed by atoms with E-state index in [1.807, 2.05) is 0 Å². The molecule has 1 aromatic rings. The van der Waals surface area contributed by atoms with Gasteiger partial charge in [0.25, 0.3) is 6.43 Å². The van der Waals surface area contributed by atoms with E-state index in [4.69, 9.17) is 23.2 Å². The lowest BCUT2D eigenvalue weighted by Crippen LogP contribution is -2.20. The minimum atomic E-state index is -2.35. The van der Waals surface area contributed by atoms with Crippen LogP contribution in [0.25, 0.3) is 0 Å². The van der Waals surface area contributed by atoms with Crippen molar-refractivity contribution < 1.29 is 8.78 Å². The maximum atomic E-state index is 11.8. The normalized spacial score (nSPS) is 10.9. The zero-order chi connectivity index (χ0) is 10.6. The van der Waals surface area contributed by atoms with E-state index < -0.39 is 6.43 Å². The van der Waals surface area contributed by atoms with Crippen LogP contribution in [0.15, 0.2) is 18.2 Å². The summed E-state index contributed by atoms with van der Waals surface area (Å²) in [6.07, 6.45) is -2.35. The zero-order valence-corrected chi connectivity index (χ0v) is 8.75. The van der Waals surface area contributed by atoms with Gasteiger partial charge in [0.1, 0.15) is 0 Å². The van der Waals surface area contributed by atoms with Crippen molar-refractivity contribution in [2.45, 2.75) is 13.0 Å². The second-order valence-electron chi connectivity index (χ2n) is 2.76. The van der Waals surface area contributed by atoms with Gasteiger partial charge in [-0.15, -0.1) is 0 Å². The van der Waals surface area contributed by atoms with Crippen molar-refractivity contribution in [3.63, 3.8) is 0 Å². The van der Waals surface area contributed by atoms with Gasteiger partial charge in [0.2, 0.25) is 0 Å². The van der Waals surface area contributed by atoms with Crippen LogP contribution in [-0.4, -0.2) is 13.0 Å². The highest BCUT2D eigenvalue weighted by atomic mass is 35.5. The first kappa shape index (κ1) is 11.7. The molecule has 0 amide bonds. The molecule has 0 spiro atoms. The largest absolute Gasteiger partial charge is 0.307 e. The number of rotatable bonds is 4. The standard InChI is InChI=1S/C9H9Cl2F2N/c10-7-2-1-6(8(11)3-7)4-14-5-9(12)13/h1-3,9,14H,4-5H2. The molecule has 0 bridgehead atoms. The highest BCUT2D eigenvalue weighted by molar-refractivity contribution is 6.35. The molecule has 1 N–H and O–H groups in total. The maximum Gasteiger partial charge on any atom is 0.250 e. The van der Waals surface area contributed by atoms with Crippen molar-refractivity contribution in [3.05, 3.63) is 33.8 Å². The fourth-order valence-electron chi connectivity index (χ4n) is 0.981. The van der Waals surface area contributed by atoms with Gasteiger partial charge in [0, 0.05) is 16.6 Å². The Hall–Kier alpha value is -0.380. The van der Waals surface area contributed by atoms with E-state index in [-0.39, 0.29) is 6.54 Å². The second-order valence-corrected chi connectivity index (χ2v) is 3.60. The average Bonchev–Trinajstić information content (AvgIpc) is 2.08. The fraction of sp³-hybridized carbons (Fsp3) is 0.333. The molecule has 1 aromatic carbocycles. The molecular weight excluding hydrogens is 231 g/mol. The second kappa shape index (κ2) is 5.49. The number of nitrogens with one attached hydrogen (secondary N) is 1. The molecule has 0 saturated carbocycles. The Kier molecular flexibility index (Phi) is 4.58. The first-order valence-electron chi connectivity index (χ1n) is 4.02. The lowest BCUT2D eigenvalue weighted by Gasteiger charge is -2.06. The van der Waals surface area contributed by atoms with Crippen molar-refractivity contribution in [2.75, 3.05) is 6.54 Å². The van der Waals surface area contributed by atoms with E-state index in [9.17, 15) is 8.78 Å². The monoisotopic (exact) mass is 239 g/mol. The van der Waals surface area contributed by atoms with Crippen LogP contribution < -0.4 is 5.32 Å². The first-order chi connectivity index (χ1) is 6.59. The van der Waals surface area contributed by atoms with Gasteiger partial charge in [-0.3, -0.25) is 0 Å². The van der Waals surface area contributed by atoms with E-state index in [0.717, 1.165) is 5.56 Å². The molecule has 0 heterocycles. The summed E-state index contributed by atoms with van der Waals surface area (Å²) in [4.78, 5) is 0. The summed E-state index contributed by atoms with van der Waals surface area (Å²) in [5.74, 6) is 0. The summed E-state index contributed by atoms with van der Waals surface area (Å²) in [6.45, 7) is -0.0146. The van der Waals surface area contributed by atoms with Gasteiger partial charge >= 0.3 is 0 Å². The third-order valence-electron chi connectivity index (χ3n) is 1.63. The lowest BCUT2D eigenvalue weighted by molar-refractivity contribution is 0.145. The molecule has 0 atom stereocenters. The molecule has 5 heteroatoms. The van der Waals surface area contributed by atoms with Crippen LogP contribution in [0, 0.1) is 0 Å². The molecule has 1 nitrogen and oxygen atoms in total. The molecule has 14 heavy (non-hydrogen) atoms. The van der Waals surface area contributed by atoms with E-state index in [0.29, 0.717) is 16.6 Å². The van der Waals surface area contributed by atoms with Crippen molar-refractivity contribution in [1.29, 1.82) is 0 Å². The molecule has 0 aliphatic rings. The van der Waals surface area contributed by atoms with Crippen molar-refractivity contribution in [3.8, 4) is 0 Å². The number of benzene rings is 1. The van der Waals surface area contributed by atoms with E-state index in [1.165, 1.54) is 0 Å². The molecule has 0 unspecified atom stereocenters. The predicted octanol–water partition coefficient (Wildman–Crippen LogP) is 3.35. The quantitative estimate of drug-likeness (QED) is 0.850. The third-order valence-corrected chi connectivity index (χ3v) is 2.22. The smallest absolute Gasteiger partial charge is 0.250 e. The summed E-state index contributed by atoms with van der Waals surface area (Å²) in [6, 6.07) is 4.97. The third kappa shape index (κ3) is 3.78. The summed E-state index contributed by atoms with van der Waals surface area (Å²) in [5, 5.41) is 3.60. The number of hydrogen-bond acceptors (Lipinski definition) is 1. The van der Waals surface area contributed by atoms with E-state index in [2.05, 4.69) is 5.32 Å². The minimum Gasteiger partial charge on any atom is -0.307 e. The summed E-state index contributed by atoms with van der Waals surface area (Å²) < 4.78 is 23.6.